The molecular weight excluding hydrogens is 286 g/mol. The largest absolute Gasteiger partial charge is 0.346 e. The Morgan fingerprint density at radius 3 is 2.86 bits per heavy atom. The number of benzene rings is 1. The molecule has 0 saturated carbocycles. The van der Waals surface area contributed by atoms with Crippen LogP contribution < -0.4 is 5.32 Å². The second-order valence-corrected chi connectivity index (χ2v) is 4.91. The number of H-pyrrole nitrogens is 1. The number of non-ortho nitro benzene ring substituents is 1. The Kier molecular flexibility index (Phi) is 4.82. The molecule has 1 unspecified atom stereocenters. The number of aromatic nitrogens is 3. The Bertz CT molecular complexity index is 683. The van der Waals surface area contributed by atoms with Gasteiger partial charge in [0.05, 0.1) is 17.4 Å². The fourth-order valence-corrected chi connectivity index (χ4v) is 2.08. The summed E-state index contributed by atoms with van der Waals surface area (Å²) in [6.07, 6.45) is 0.722. The van der Waals surface area contributed by atoms with Crippen LogP contribution in [0, 0.1) is 17.0 Å². The van der Waals surface area contributed by atoms with E-state index in [9.17, 15) is 14.9 Å². The van der Waals surface area contributed by atoms with Gasteiger partial charge in [-0.2, -0.15) is 5.10 Å². The number of nitrogens with one attached hydrogen (secondary N) is 2. The molecule has 2 N–H and O–H groups in total. The molecule has 2 rings (SSSR count). The summed E-state index contributed by atoms with van der Waals surface area (Å²) in [4.78, 5) is 26.6. The predicted octanol–water partition coefficient (Wildman–Crippen LogP) is 1.83. The Labute approximate surface area is 127 Å². The Balaban J connectivity index is 2.02. The van der Waals surface area contributed by atoms with Crippen LogP contribution >= 0.6 is 0 Å². The molecule has 0 bridgehead atoms. The first-order chi connectivity index (χ1) is 10.5. The highest BCUT2D eigenvalue weighted by Crippen LogP contribution is 2.15. The molecule has 0 fully saturated rings. The van der Waals surface area contributed by atoms with Gasteiger partial charge in [0.25, 0.3) is 5.69 Å². The number of nitro benzene ring substituents is 1. The lowest BCUT2D eigenvalue weighted by molar-refractivity contribution is -0.384. The monoisotopic (exact) mass is 303 g/mol. The topological polar surface area (TPSA) is 114 Å². The maximum absolute atomic E-state index is 12.1. The number of carbonyl (C=O) groups excluding carboxylic acids is 1. The summed E-state index contributed by atoms with van der Waals surface area (Å²) in [5.41, 5.74) is 0.564. The van der Waals surface area contributed by atoms with E-state index in [4.69, 9.17) is 0 Å². The minimum atomic E-state index is -0.479. The van der Waals surface area contributed by atoms with Crippen LogP contribution in [0.15, 0.2) is 24.3 Å². The van der Waals surface area contributed by atoms with Gasteiger partial charge in [0, 0.05) is 12.1 Å². The van der Waals surface area contributed by atoms with E-state index >= 15 is 0 Å². The fourth-order valence-electron chi connectivity index (χ4n) is 2.08. The Morgan fingerprint density at radius 1 is 1.50 bits per heavy atom. The lowest BCUT2D eigenvalue weighted by atomic mass is 10.1. The Hall–Kier alpha value is -2.77. The van der Waals surface area contributed by atoms with Crippen LogP contribution in [0.4, 0.5) is 5.69 Å². The second-order valence-electron chi connectivity index (χ2n) is 4.91. The van der Waals surface area contributed by atoms with Gasteiger partial charge in [0.2, 0.25) is 5.91 Å². The van der Waals surface area contributed by atoms with E-state index in [0.717, 1.165) is 0 Å². The molecule has 0 spiro atoms. The molecule has 0 saturated heterocycles. The molecule has 1 aromatic heterocycles. The highest BCUT2D eigenvalue weighted by atomic mass is 16.6. The number of amides is 1. The number of carbonyl (C=O) groups is 1. The van der Waals surface area contributed by atoms with Crippen LogP contribution in [0.25, 0.3) is 0 Å². The van der Waals surface area contributed by atoms with Gasteiger partial charge in [-0.1, -0.05) is 19.1 Å². The second kappa shape index (κ2) is 6.79. The predicted molar refractivity (Wildman–Crippen MR) is 79.1 cm³/mol. The van der Waals surface area contributed by atoms with E-state index in [1.807, 2.05) is 6.92 Å². The van der Waals surface area contributed by atoms with E-state index in [0.29, 0.717) is 23.6 Å². The molecule has 8 nitrogen and oxygen atoms in total. The van der Waals surface area contributed by atoms with Gasteiger partial charge in [0.15, 0.2) is 5.82 Å². The van der Waals surface area contributed by atoms with E-state index in [1.54, 1.807) is 19.1 Å². The molecule has 0 aliphatic carbocycles. The van der Waals surface area contributed by atoms with Crippen molar-refractivity contribution >= 4 is 11.6 Å². The molecule has 0 aliphatic heterocycles. The first-order valence-corrected chi connectivity index (χ1v) is 6.91. The van der Waals surface area contributed by atoms with Crippen molar-refractivity contribution in [2.45, 2.75) is 32.7 Å². The lowest BCUT2D eigenvalue weighted by Gasteiger charge is -2.13. The van der Waals surface area contributed by atoms with Crippen LogP contribution in [-0.2, 0) is 11.2 Å². The molecule has 2 aromatic rings. The van der Waals surface area contributed by atoms with Crippen molar-refractivity contribution in [2.24, 2.45) is 0 Å². The third-order valence-corrected chi connectivity index (χ3v) is 3.16. The number of hydrogen-bond donors (Lipinski definition) is 2. The molecular formula is C14H17N5O3. The highest BCUT2D eigenvalue weighted by Gasteiger charge is 2.17. The summed E-state index contributed by atoms with van der Waals surface area (Å²) < 4.78 is 0. The molecule has 0 radical (unpaired) electrons. The number of aromatic amines is 1. The molecule has 1 amide bonds. The summed E-state index contributed by atoms with van der Waals surface area (Å²) in [6, 6.07) is 5.77. The summed E-state index contributed by atoms with van der Waals surface area (Å²) >= 11 is 0. The van der Waals surface area contributed by atoms with Crippen molar-refractivity contribution in [3.63, 3.8) is 0 Å². The fraction of sp³-hybridized carbons (Fsp3) is 0.357. The minimum absolute atomic E-state index is 0.0260. The number of rotatable bonds is 6. The molecule has 1 atom stereocenters. The Morgan fingerprint density at radius 2 is 2.27 bits per heavy atom. The summed E-state index contributed by atoms with van der Waals surface area (Å²) in [5, 5.41) is 20.4. The SMILES string of the molecule is CCC(NC(=O)Cc1cccc([N+](=O)[O-])c1)c1n[nH]c(C)n1. The number of aryl methyl sites for hydroxylation is 1. The average molecular weight is 303 g/mol. The quantitative estimate of drug-likeness (QED) is 0.624. The first kappa shape index (κ1) is 15.6. The van der Waals surface area contributed by atoms with Crippen LogP contribution in [0.2, 0.25) is 0 Å². The maximum Gasteiger partial charge on any atom is 0.269 e. The normalized spacial score (nSPS) is 11.9. The van der Waals surface area contributed by atoms with E-state index in [2.05, 4.69) is 20.5 Å². The van der Waals surface area contributed by atoms with Gasteiger partial charge in [-0.25, -0.2) is 4.98 Å². The third kappa shape index (κ3) is 3.87. The van der Waals surface area contributed by atoms with E-state index in [-0.39, 0.29) is 24.1 Å². The van der Waals surface area contributed by atoms with Gasteiger partial charge in [0.1, 0.15) is 5.82 Å². The van der Waals surface area contributed by atoms with E-state index in [1.165, 1.54) is 12.1 Å². The summed E-state index contributed by atoms with van der Waals surface area (Å²) in [5.74, 6) is 0.989. The first-order valence-electron chi connectivity index (χ1n) is 6.91. The van der Waals surface area contributed by atoms with Crippen molar-refractivity contribution < 1.29 is 9.72 Å². The zero-order valence-electron chi connectivity index (χ0n) is 12.4. The van der Waals surface area contributed by atoms with Crippen molar-refractivity contribution in [2.75, 3.05) is 0 Å². The van der Waals surface area contributed by atoms with Crippen molar-refractivity contribution in [1.29, 1.82) is 0 Å². The maximum atomic E-state index is 12.1. The zero-order chi connectivity index (χ0) is 16.1. The van der Waals surface area contributed by atoms with Crippen LogP contribution in [0.5, 0.6) is 0 Å². The van der Waals surface area contributed by atoms with Gasteiger partial charge in [-0.3, -0.25) is 20.0 Å². The van der Waals surface area contributed by atoms with Crippen molar-refractivity contribution in [1.82, 2.24) is 20.5 Å². The summed E-state index contributed by atoms with van der Waals surface area (Å²) in [6.45, 7) is 3.71. The number of nitrogens with zero attached hydrogens (tertiary/aromatic N) is 3. The van der Waals surface area contributed by atoms with Crippen LogP contribution in [0.1, 0.15) is 36.6 Å². The number of nitro groups is 1. The lowest BCUT2D eigenvalue weighted by Crippen LogP contribution is -2.30. The molecule has 116 valence electrons. The molecule has 0 aliphatic rings. The minimum Gasteiger partial charge on any atom is -0.346 e. The molecule has 8 heteroatoms. The van der Waals surface area contributed by atoms with Gasteiger partial charge >= 0.3 is 0 Å². The standard InChI is InChI=1S/C14H17N5O3/c1-3-12(14-15-9(2)17-18-14)16-13(20)8-10-5-4-6-11(7-10)19(21)22/h4-7,12H,3,8H2,1-2H3,(H,16,20)(H,15,17,18). The average Bonchev–Trinajstić information content (AvgIpc) is 2.91. The van der Waals surface area contributed by atoms with Gasteiger partial charge in [-0.15, -0.1) is 0 Å². The summed E-state index contributed by atoms with van der Waals surface area (Å²) in [7, 11) is 0. The molecule has 1 heterocycles. The molecule has 22 heavy (non-hydrogen) atoms. The number of hydrogen-bond acceptors (Lipinski definition) is 5. The zero-order valence-corrected chi connectivity index (χ0v) is 12.4. The molecule has 1 aromatic carbocycles. The van der Waals surface area contributed by atoms with Gasteiger partial charge < -0.3 is 5.32 Å². The van der Waals surface area contributed by atoms with Gasteiger partial charge in [-0.05, 0) is 18.9 Å². The smallest absolute Gasteiger partial charge is 0.269 e. The van der Waals surface area contributed by atoms with E-state index < -0.39 is 4.92 Å². The van der Waals surface area contributed by atoms with Crippen LogP contribution in [0.3, 0.4) is 0 Å². The third-order valence-electron chi connectivity index (χ3n) is 3.16. The van der Waals surface area contributed by atoms with Crippen molar-refractivity contribution in [3.8, 4) is 0 Å². The van der Waals surface area contributed by atoms with Crippen molar-refractivity contribution in [3.05, 3.63) is 51.6 Å². The van der Waals surface area contributed by atoms with Crippen LogP contribution in [-0.4, -0.2) is 26.0 Å². The highest BCUT2D eigenvalue weighted by molar-refractivity contribution is 5.79.